The third-order valence-corrected chi connectivity index (χ3v) is 9.02. The lowest BCUT2D eigenvalue weighted by molar-refractivity contribution is -0.0444. The van der Waals surface area contributed by atoms with Gasteiger partial charge in [0.1, 0.15) is 11.6 Å². The first-order valence-corrected chi connectivity index (χ1v) is 14.5. The molecule has 3 aromatic rings. The Hall–Kier alpha value is -3.56. The summed E-state index contributed by atoms with van der Waals surface area (Å²) in [6, 6.07) is 15.8. The Morgan fingerprint density at radius 3 is 2.56 bits per heavy atom. The van der Waals surface area contributed by atoms with Crippen molar-refractivity contribution in [2.45, 2.75) is 56.8 Å². The van der Waals surface area contributed by atoms with E-state index in [2.05, 4.69) is 9.88 Å². The number of carbonyl (C=O) groups excluding carboxylic acids is 1. The van der Waals surface area contributed by atoms with E-state index in [1.165, 1.54) is 6.07 Å². The van der Waals surface area contributed by atoms with E-state index in [4.69, 9.17) is 4.74 Å². The predicted octanol–water partition coefficient (Wildman–Crippen LogP) is 5.33. The normalized spacial score (nSPS) is 22.8. The highest BCUT2D eigenvalue weighted by Crippen LogP contribution is 2.40. The number of aromatic amines is 1. The number of hydrogen-bond acceptors (Lipinski definition) is 4. The lowest BCUT2D eigenvalue weighted by atomic mass is 9.91. The van der Waals surface area contributed by atoms with Crippen molar-refractivity contribution in [1.82, 2.24) is 19.7 Å². The highest BCUT2D eigenvalue weighted by molar-refractivity contribution is 5.76. The number of urea groups is 1. The van der Waals surface area contributed by atoms with E-state index in [9.17, 15) is 18.4 Å². The fourth-order valence-corrected chi connectivity index (χ4v) is 6.86. The maximum absolute atomic E-state index is 14.8. The largest absolute Gasteiger partial charge is 0.377 e. The predicted molar refractivity (Wildman–Crippen MR) is 152 cm³/mol. The van der Waals surface area contributed by atoms with Gasteiger partial charge in [0.05, 0.1) is 25.3 Å². The Labute approximate surface area is 238 Å². The van der Waals surface area contributed by atoms with Gasteiger partial charge in [-0.1, -0.05) is 49.2 Å². The molecule has 3 heterocycles. The van der Waals surface area contributed by atoms with Gasteiger partial charge >= 0.3 is 6.03 Å². The maximum Gasteiger partial charge on any atom is 0.321 e. The summed E-state index contributed by atoms with van der Waals surface area (Å²) in [5, 5.41) is 0. The van der Waals surface area contributed by atoms with Crippen LogP contribution in [0.5, 0.6) is 0 Å². The third kappa shape index (κ3) is 5.40. The molecule has 2 saturated heterocycles. The number of halogens is 2. The molecule has 1 spiro atoms. The second-order valence-corrected chi connectivity index (χ2v) is 11.6. The Morgan fingerprint density at radius 2 is 1.80 bits per heavy atom. The molecule has 2 aromatic carbocycles. The van der Waals surface area contributed by atoms with Crippen LogP contribution in [0.15, 0.2) is 65.5 Å². The first kappa shape index (κ1) is 27.6. The van der Waals surface area contributed by atoms with E-state index >= 15 is 0 Å². The van der Waals surface area contributed by atoms with Gasteiger partial charge in [-0.05, 0) is 49.6 Å². The third-order valence-electron chi connectivity index (χ3n) is 9.02. The molecule has 2 aliphatic heterocycles. The molecule has 216 valence electrons. The zero-order valence-corrected chi connectivity index (χ0v) is 23.3. The van der Waals surface area contributed by atoms with Gasteiger partial charge in [0.25, 0.3) is 5.56 Å². The van der Waals surface area contributed by atoms with Gasteiger partial charge in [-0.2, -0.15) is 0 Å². The fourth-order valence-electron chi connectivity index (χ4n) is 6.86. The summed E-state index contributed by atoms with van der Waals surface area (Å²) in [7, 11) is 0. The molecule has 3 fully saturated rings. The van der Waals surface area contributed by atoms with Crippen LogP contribution in [-0.4, -0.2) is 70.1 Å². The molecule has 41 heavy (non-hydrogen) atoms. The summed E-state index contributed by atoms with van der Waals surface area (Å²) in [4.78, 5) is 36.2. The van der Waals surface area contributed by atoms with Crippen molar-refractivity contribution in [3.8, 4) is 11.3 Å². The van der Waals surface area contributed by atoms with Crippen molar-refractivity contribution in [2.75, 3.05) is 32.8 Å². The van der Waals surface area contributed by atoms with E-state index in [1.807, 2.05) is 54.3 Å². The number of H-pyrrole nitrogens is 1. The number of nitrogens with one attached hydrogen (secondary N) is 1. The number of rotatable bonds is 4. The van der Waals surface area contributed by atoms with Crippen LogP contribution >= 0.6 is 0 Å². The van der Waals surface area contributed by atoms with Crippen molar-refractivity contribution in [1.29, 1.82) is 0 Å². The average molecular weight is 563 g/mol. The molecule has 1 aromatic heterocycles. The first-order valence-electron chi connectivity index (χ1n) is 14.5. The maximum atomic E-state index is 14.8. The van der Waals surface area contributed by atoms with E-state index in [1.54, 1.807) is 4.90 Å². The monoisotopic (exact) mass is 562 g/mol. The summed E-state index contributed by atoms with van der Waals surface area (Å²) in [6.07, 6.45) is 4.01. The van der Waals surface area contributed by atoms with Crippen molar-refractivity contribution in [3.05, 3.63) is 93.8 Å². The van der Waals surface area contributed by atoms with Crippen LogP contribution in [0.2, 0.25) is 0 Å². The van der Waals surface area contributed by atoms with Gasteiger partial charge < -0.3 is 19.5 Å². The van der Waals surface area contributed by atoms with Crippen LogP contribution in [0.3, 0.4) is 0 Å². The van der Waals surface area contributed by atoms with Crippen molar-refractivity contribution < 1.29 is 18.3 Å². The van der Waals surface area contributed by atoms with Gasteiger partial charge in [0, 0.05) is 48.5 Å². The highest BCUT2D eigenvalue weighted by Gasteiger charge is 2.47. The number of aromatic nitrogens is 1. The average Bonchev–Trinajstić information content (AvgIpc) is 3.45. The van der Waals surface area contributed by atoms with Gasteiger partial charge in [0.15, 0.2) is 0 Å². The number of benzene rings is 2. The van der Waals surface area contributed by atoms with Gasteiger partial charge in [-0.25, -0.2) is 13.6 Å². The van der Waals surface area contributed by atoms with E-state index in [0.29, 0.717) is 38.3 Å². The fraction of sp³-hybridized carbons (Fsp3) is 0.438. The molecule has 0 bridgehead atoms. The number of carbonyl (C=O) groups is 1. The zero-order chi connectivity index (χ0) is 28.6. The molecule has 2 amide bonds. The molecule has 3 aliphatic rings. The summed E-state index contributed by atoms with van der Waals surface area (Å²) in [6.45, 7) is 4.50. The lowest BCUT2D eigenvalue weighted by Crippen LogP contribution is -2.65. The van der Waals surface area contributed by atoms with Crippen LogP contribution in [0.1, 0.15) is 49.8 Å². The zero-order valence-electron chi connectivity index (χ0n) is 23.3. The second-order valence-electron chi connectivity index (χ2n) is 11.6. The molecule has 0 radical (unpaired) electrons. The topological polar surface area (TPSA) is 68.9 Å². The first-order chi connectivity index (χ1) is 19.8. The molecule has 1 saturated carbocycles. The highest BCUT2D eigenvalue weighted by atomic mass is 19.1. The van der Waals surface area contributed by atoms with Crippen molar-refractivity contribution in [2.24, 2.45) is 0 Å². The number of pyridine rings is 1. The lowest BCUT2D eigenvalue weighted by Gasteiger charge is -2.51. The van der Waals surface area contributed by atoms with Crippen LogP contribution in [-0.2, 0) is 11.3 Å². The summed E-state index contributed by atoms with van der Waals surface area (Å²) >= 11 is 0. The number of hydrogen-bond donors (Lipinski definition) is 1. The molecule has 1 N–H and O–H groups in total. The number of piperazine rings is 1. The van der Waals surface area contributed by atoms with Crippen molar-refractivity contribution >= 4 is 6.03 Å². The summed E-state index contributed by atoms with van der Waals surface area (Å²) in [5.41, 5.74) is 2.27. The second kappa shape index (κ2) is 11.4. The van der Waals surface area contributed by atoms with E-state index < -0.39 is 17.7 Å². The number of ether oxygens (including phenoxy) is 1. The van der Waals surface area contributed by atoms with E-state index in [0.717, 1.165) is 49.1 Å². The summed E-state index contributed by atoms with van der Waals surface area (Å²) in [5.74, 6) is -1.09. The molecule has 9 heteroatoms. The molecule has 1 aliphatic carbocycles. The number of nitrogens with zero attached hydrogens (tertiary/aromatic N) is 3. The van der Waals surface area contributed by atoms with Crippen LogP contribution in [0.25, 0.3) is 11.3 Å². The molecule has 0 unspecified atom stereocenters. The Kier molecular flexibility index (Phi) is 7.66. The van der Waals surface area contributed by atoms with Crippen molar-refractivity contribution in [3.63, 3.8) is 0 Å². The Morgan fingerprint density at radius 1 is 1.02 bits per heavy atom. The smallest absolute Gasteiger partial charge is 0.321 e. The molecule has 6 rings (SSSR count). The SMILES string of the molecule is C[C@H]1COC[C@@H](c2cc(F)ccc2F)N1C(=O)N1CCN(Cc2ccc(-c3ccccc3)[nH]c2=O)C2(CCCC2)C1. The van der Waals surface area contributed by atoms with Crippen LogP contribution in [0.4, 0.5) is 13.6 Å². The minimum atomic E-state index is -0.707. The molecular formula is C32H36F2N4O3. The molecule has 7 nitrogen and oxygen atoms in total. The van der Waals surface area contributed by atoms with Gasteiger partial charge in [0.2, 0.25) is 0 Å². The quantitative estimate of drug-likeness (QED) is 0.467. The van der Waals surface area contributed by atoms with Crippen LogP contribution < -0.4 is 5.56 Å². The Balaban J connectivity index is 1.22. The summed E-state index contributed by atoms with van der Waals surface area (Å²) < 4.78 is 34.6. The minimum Gasteiger partial charge on any atom is -0.377 e. The standard InChI is InChI=1S/C32H36F2N4O3/c1-22-19-41-20-29(26-17-25(33)10-11-27(26)34)38(22)31(40)36-15-16-37(32(21-36)13-5-6-14-32)18-24-9-12-28(35-30(24)39)23-7-3-2-4-8-23/h2-4,7-12,17,22,29H,5-6,13-16,18-21H2,1H3,(H,35,39)/t22-,29-/m0/s1. The minimum absolute atomic E-state index is 0.0971. The molecule has 2 atom stereocenters. The Bertz CT molecular complexity index is 1460. The van der Waals surface area contributed by atoms with E-state index in [-0.39, 0.29) is 35.3 Å². The van der Waals surface area contributed by atoms with Gasteiger partial charge in [-0.3, -0.25) is 9.69 Å². The number of amides is 2. The van der Waals surface area contributed by atoms with Gasteiger partial charge in [-0.15, -0.1) is 0 Å². The number of morpholine rings is 1. The van der Waals surface area contributed by atoms with Crippen LogP contribution in [0, 0.1) is 11.6 Å². The molecular weight excluding hydrogens is 526 g/mol.